The van der Waals surface area contributed by atoms with Crippen LogP contribution in [0.25, 0.3) is 0 Å². The molecule has 24 heavy (non-hydrogen) atoms. The zero-order chi connectivity index (χ0) is 17.7. The first kappa shape index (κ1) is 18.9. The van der Waals surface area contributed by atoms with Gasteiger partial charge in [-0.3, -0.25) is 14.6 Å². The number of nitrogens with zero attached hydrogens (tertiary/aromatic N) is 4. The molecule has 2 N–H and O–H groups in total. The molecule has 1 aromatic heterocycles. The van der Waals surface area contributed by atoms with Gasteiger partial charge >= 0.3 is 0 Å². The van der Waals surface area contributed by atoms with Gasteiger partial charge in [-0.15, -0.1) is 0 Å². The van der Waals surface area contributed by atoms with Gasteiger partial charge in [0.25, 0.3) is 0 Å². The number of piperazine rings is 1. The highest BCUT2D eigenvalue weighted by Crippen LogP contribution is 2.17. The van der Waals surface area contributed by atoms with E-state index in [1.54, 1.807) is 6.20 Å². The van der Waals surface area contributed by atoms with E-state index in [0.29, 0.717) is 6.54 Å². The summed E-state index contributed by atoms with van der Waals surface area (Å²) in [5.41, 5.74) is 0. The first-order chi connectivity index (χ1) is 11.4. The molecule has 0 unspecified atom stereocenters. The van der Waals surface area contributed by atoms with Crippen molar-refractivity contribution in [3.8, 4) is 0 Å². The molecule has 1 aromatic rings. The highest BCUT2D eigenvalue weighted by Gasteiger charge is 2.26. The van der Waals surface area contributed by atoms with E-state index < -0.39 is 0 Å². The normalized spacial score (nSPS) is 20.5. The molecule has 1 aliphatic rings. The predicted molar refractivity (Wildman–Crippen MR) is 95.0 cm³/mol. The topological polar surface area (TPSA) is 73.6 Å². The van der Waals surface area contributed by atoms with Crippen LogP contribution in [0.15, 0.2) is 12.3 Å². The Balaban J connectivity index is 1.88. The first-order valence-electron chi connectivity index (χ1n) is 8.91. The molecule has 0 aromatic carbocycles. The number of amides is 1. The second-order valence-electron chi connectivity index (χ2n) is 6.77. The summed E-state index contributed by atoms with van der Waals surface area (Å²) >= 11 is 0. The Morgan fingerprint density at radius 2 is 1.96 bits per heavy atom. The summed E-state index contributed by atoms with van der Waals surface area (Å²) in [5.74, 6) is 0.762. The third kappa shape index (κ3) is 4.78. The summed E-state index contributed by atoms with van der Waals surface area (Å²) in [4.78, 5) is 17.0. The Kier molecular flexibility index (Phi) is 6.77. The van der Waals surface area contributed by atoms with E-state index in [0.717, 1.165) is 38.4 Å². The Morgan fingerprint density at radius 3 is 2.54 bits per heavy atom. The molecule has 2 rings (SSSR count). The molecule has 7 heteroatoms. The molecule has 1 amide bonds. The van der Waals surface area contributed by atoms with Crippen LogP contribution in [0.4, 0.5) is 5.82 Å². The molecule has 0 radical (unpaired) electrons. The molecular weight excluding hydrogens is 306 g/mol. The third-order valence-corrected chi connectivity index (χ3v) is 4.79. The van der Waals surface area contributed by atoms with E-state index in [-0.39, 0.29) is 24.1 Å². The van der Waals surface area contributed by atoms with Gasteiger partial charge in [-0.25, -0.2) is 4.68 Å². The minimum Gasteiger partial charge on any atom is -0.392 e. The SMILES string of the molecule is CC[C@H](C)n1nccc1NC(=O)[C@@H](C)N1CCN(C[C@@H](C)O)CC1. The fourth-order valence-corrected chi connectivity index (χ4v) is 3.04. The Morgan fingerprint density at radius 1 is 1.29 bits per heavy atom. The lowest BCUT2D eigenvalue weighted by Crippen LogP contribution is -2.53. The zero-order valence-electron chi connectivity index (χ0n) is 15.3. The average Bonchev–Trinajstić information content (AvgIpc) is 3.01. The summed E-state index contributed by atoms with van der Waals surface area (Å²) in [6.45, 7) is 12.1. The number of anilines is 1. The highest BCUT2D eigenvalue weighted by atomic mass is 16.3. The van der Waals surface area contributed by atoms with Crippen molar-refractivity contribution in [3.05, 3.63) is 12.3 Å². The summed E-state index contributed by atoms with van der Waals surface area (Å²) in [7, 11) is 0. The molecular formula is C17H31N5O2. The second-order valence-corrected chi connectivity index (χ2v) is 6.77. The number of β-amino-alcohol motifs (C(OH)–C–C–N with tert-alkyl or cyclic N) is 1. The van der Waals surface area contributed by atoms with Crippen LogP contribution in [-0.4, -0.2) is 75.5 Å². The molecule has 0 saturated carbocycles. The van der Waals surface area contributed by atoms with Crippen LogP contribution in [0.5, 0.6) is 0 Å². The molecule has 3 atom stereocenters. The van der Waals surface area contributed by atoms with E-state index in [1.165, 1.54) is 0 Å². The molecule has 0 aliphatic carbocycles. The number of aliphatic hydroxyl groups excluding tert-OH is 1. The Hall–Kier alpha value is -1.44. The van der Waals surface area contributed by atoms with Crippen LogP contribution >= 0.6 is 0 Å². The van der Waals surface area contributed by atoms with Crippen molar-refractivity contribution in [2.45, 2.75) is 52.3 Å². The molecule has 7 nitrogen and oxygen atoms in total. The van der Waals surface area contributed by atoms with Gasteiger partial charge in [-0.1, -0.05) is 6.92 Å². The number of hydrogen-bond donors (Lipinski definition) is 2. The maximum absolute atomic E-state index is 12.6. The molecule has 1 saturated heterocycles. The molecule has 2 heterocycles. The summed E-state index contributed by atoms with van der Waals surface area (Å²) in [6.07, 6.45) is 2.38. The summed E-state index contributed by atoms with van der Waals surface area (Å²) < 4.78 is 1.87. The summed E-state index contributed by atoms with van der Waals surface area (Å²) in [6, 6.07) is 1.92. The van der Waals surface area contributed by atoms with Crippen molar-refractivity contribution >= 4 is 11.7 Å². The van der Waals surface area contributed by atoms with Gasteiger partial charge in [-0.05, 0) is 27.2 Å². The Bertz CT molecular complexity index is 523. The predicted octanol–water partition coefficient (Wildman–Crippen LogP) is 1.18. The average molecular weight is 337 g/mol. The molecule has 0 spiro atoms. The largest absolute Gasteiger partial charge is 0.392 e. The van der Waals surface area contributed by atoms with Crippen molar-refractivity contribution in [2.24, 2.45) is 0 Å². The standard InChI is InChI=1S/C17H31N5O2/c1-5-13(2)22-16(6-7-18-22)19-17(24)15(4)21-10-8-20(9-11-21)12-14(3)23/h6-7,13-15,23H,5,8-12H2,1-4H3,(H,19,24)/t13-,14+,15+/m0/s1. The minimum absolute atomic E-state index is 0.00373. The van der Waals surface area contributed by atoms with Gasteiger partial charge < -0.3 is 10.4 Å². The first-order valence-corrected chi connectivity index (χ1v) is 8.91. The van der Waals surface area contributed by atoms with Gasteiger partial charge in [0, 0.05) is 38.8 Å². The van der Waals surface area contributed by atoms with Crippen LogP contribution in [0.1, 0.15) is 40.2 Å². The minimum atomic E-state index is -0.307. The quantitative estimate of drug-likeness (QED) is 0.782. The van der Waals surface area contributed by atoms with Gasteiger partial charge in [0.05, 0.1) is 24.4 Å². The lowest BCUT2D eigenvalue weighted by atomic mass is 10.2. The van der Waals surface area contributed by atoms with Crippen molar-refractivity contribution in [1.82, 2.24) is 19.6 Å². The van der Waals surface area contributed by atoms with Gasteiger partial charge in [0.2, 0.25) is 5.91 Å². The zero-order valence-corrected chi connectivity index (χ0v) is 15.3. The van der Waals surface area contributed by atoms with Gasteiger partial charge in [-0.2, -0.15) is 5.10 Å². The van der Waals surface area contributed by atoms with Crippen molar-refractivity contribution < 1.29 is 9.90 Å². The third-order valence-electron chi connectivity index (χ3n) is 4.79. The highest BCUT2D eigenvalue weighted by molar-refractivity contribution is 5.93. The summed E-state index contributed by atoms with van der Waals surface area (Å²) in [5, 5.41) is 16.8. The molecule has 1 fully saturated rings. The van der Waals surface area contributed by atoms with Crippen molar-refractivity contribution in [1.29, 1.82) is 0 Å². The Labute approximate surface area is 144 Å². The van der Waals surface area contributed by atoms with Crippen LogP contribution in [0, 0.1) is 0 Å². The lowest BCUT2D eigenvalue weighted by molar-refractivity contribution is -0.121. The number of hydrogen-bond acceptors (Lipinski definition) is 5. The van der Waals surface area contributed by atoms with E-state index in [9.17, 15) is 9.90 Å². The smallest absolute Gasteiger partial charge is 0.242 e. The number of nitrogens with one attached hydrogen (secondary N) is 1. The molecule has 0 bridgehead atoms. The van der Waals surface area contributed by atoms with Gasteiger partial charge in [0.1, 0.15) is 5.82 Å². The number of aliphatic hydroxyl groups is 1. The van der Waals surface area contributed by atoms with E-state index in [4.69, 9.17) is 0 Å². The van der Waals surface area contributed by atoms with Crippen LogP contribution in [0.3, 0.4) is 0 Å². The maximum atomic E-state index is 12.6. The van der Waals surface area contributed by atoms with E-state index in [2.05, 4.69) is 34.1 Å². The van der Waals surface area contributed by atoms with Crippen molar-refractivity contribution in [3.63, 3.8) is 0 Å². The molecule has 1 aliphatic heterocycles. The fraction of sp³-hybridized carbons (Fsp3) is 0.765. The second kappa shape index (κ2) is 8.60. The van der Waals surface area contributed by atoms with Crippen molar-refractivity contribution in [2.75, 3.05) is 38.0 Å². The number of carbonyl (C=O) groups excluding carboxylic acids is 1. The van der Waals surface area contributed by atoms with Crippen LogP contribution in [-0.2, 0) is 4.79 Å². The van der Waals surface area contributed by atoms with E-state index >= 15 is 0 Å². The van der Waals surface area contributed by atoms with E-state index in [1.807, 2.05) is 24.6 Å². The maximum Gasteiger partial charge on any atom is 0.242 e. The van der Waals surface area contributed by atoms with Gasteiger partial charge in [0.15, 0.2) is 0 Å². The van der Waals surface area contributed by atoms with Crippen LogP contribution < -0.4 is 5.32 Å². The number of carbonyl (C=O) groups is 1. The molecule has 136 valence electrons. The monoisotopic (exact) mass is 337 g/mol. The number of rotatable bonds is 7. The lowest BCUT2D eigenvalue weighted by Gasteiger charge is -2.37. The van der Waals surface area contributed by atoms with Crippen LogP contribution in [0.2, 0.25) is 0 Å². The fourth-order valence-electron chi connectivity index (χ4n) is 3.04. The number of aromatic nitrogens is 2.